The summed E-state index contributed by atoms with van der Waals surface area (Å²) >= 11 is 0. The lowest BCUT2D eigenvalue weighted by Gasteiger charge is -2.39. The minimum absolute atomic E-state index is 0.0273. The van der Waals surface area contributed by atoms with Crippen LogP contribution >= 0.6 is 0 Å². The number of hydrogen-bond acceptors (Lipinski definition) is 10. The number of aliphatic hydroxyl groups is 2. The van der Waals surface area contributed by atoms with Crippen LogP contribution < -0.4 is 9.47 Å². The van der Waals surface area contributed by atoms with Crippen molar-refractivity contribution in [2.45, 2.75) is 107 Å². The predicted octanol–water partition coefficient (Wildman–Crippen LogP) is 3.75. The van der Waals surface area contributed by atoms with Gasteiger partial charge in [0.05, 0.1) is 37.2 Å². The molecule has 10 nitrogen and oxygen atoms in total. The summed E-state index contributed by atoms with van der Waals surface area (Å²) in [6, 6.07) is 4.03. The molecule has 0 bridgehead atoms. The third-order valence-corrected chi connectivity index (χ3v) is 10.1. The Labute approximate surface area is 253 Å². The summed E-state index contributed by atoms with van der Waals surface area (Å²) < 4.78 is 29.1. The van der Waals surface area contributed by atoms with E-state index >= 15 is 0 Å². The van der Waals surface area contributed by atoms with Crippen LogP contribution in [0.5, 0.6) is 11.5 Å². The van der Waals surface area contributed by atoms with Gasteiger partial charge in [-0.25, -0.2) is 4.79 Å². The first kappa shape index (κ1) is 30.2. The van der Waals surface area contributed by atoms with E-state index in [2.05, 4.69) is 11.0 Å². The van der Waals surface area contributed by atoms with Crippen molar-refractivity contribution in [3.63, 3.8) is 0 Å². The molecule has 0 amide bonds. The zero-order chi connectivity index (χ0) is 30.6. The van der Waals surface area contributed by atoms with Crippen LogP contribution in [0.1, 0.15) is 89.2 Å². The fraction of sp³-hybridized carbons (Fsp3) is 0.697. The van der Waals surface area contributed by atoms with Crippen LogP contribution in [-0.2, 0) is 30.2 Å². The molecular formula is C33H45NO9. The maximum Gasteiger partial charge on any atom is 0.339 e. The molecule has 3 aliphatic heterocycles. The van der Waals surface area contributed by atoms with Crippen molar-refractivity contribution in [3.8, 4) is 11.5 Å². The molecule has 1 saturated heterocycles. The highest BCUT2D eigenvalue weighted by Crippen LogP contribution is 2.56. The molecule has 1 aromatic carbocycles. The summed E-state index contributed by atoms with van der Waals surface area (Å²) in [7, 11) is 1.57. The van der Waals surface area contributed by atoms with E-state index in [1.54, 1.807) is 21.0 Å². The molecule has 1 saturated carbocycles. The van der Waals surface area contributed by atoms with Gasteiger partial charge in [-0.15, -0.1) is 0 Å². The summed E-state index contributed by atoms with van der Waals surface area (Å²) in [4.78, 5) is 29.4. The molecule has 0 aromatic heterocycles. The Balaban J connectivity index is 1.30. The molecule has 1 unspecified atom stereocenters. The Morgan fingerprint density at radius 3 is 2.53 bits per heavy atom. The highest BCUT2D eigenvalue weighted by atomic mass is 16.7. The average molecular weight is 600 g/mol. The summed E-state index contributed by atoms with van der Waals surface area (Å²) in [5, 5.41) is 22.1. The minimum Gasteiger partial charge on any atom is -0.497 e. The highest BCUT2D eigenvalue weighted by Gasteiger charge is 2.59. The quantitative estimate of drug-likeness (QED) is 0.364. The van der Waals surface area contributed by atoms with Gasteiger partial charge in [-0.2, -0.15) is 0 Å². The van der Waals surface area contributed by atoms with E-state index in [1.165, 1.54) is 0 Å². The molecule has 2 aliphatic carbocycles. The van der Waals surface area contributed by atoms with Crippen LogP contribution in [-0.4, -0.2) is 83.5 Å². The molecule has 5 aliphatic rings. The van der Waals surface area contributed by atoms with Gasteiger partial charge in [-0.3, -0.25) is 9.69 Å². The van der Waals surface area contributed by atoms with Gasteiger partial charge in [0.15, 0.2) is 23.2 Å². The lowest BCUT2D eigenvalue weighted by molar-refractivity contribution is -0.179. The fourth-order valence-corrected chi connectivity index (χ4v) is 7.30. The third kappa shape index (κ3) is 5.85. The highest BCUT2D eigenvalue weighted by molar-refractivity contribution is 5.86. The van der Waals surface area contributed by atoms with Crippen molar-refractivity contribution in [3.05, 3.63) is 35.1 Å². The van der Waals surface area contributed by atoms with Gasteiger partial charge in [0.1, 0.15) is 5.76 Å². The van der Waals surface area contributed by atoms with Crippen LogP contribution in [0, 0.1) is 5.41 Å². The monoisotopic (exact) mass is 599 g/mol. The van der Waals surface area contributed by atoms with Crippen molar-refractivity contribution >= 4 is 11.9 Å². The maximum atomic E-state index is 14.1. The van der Waals surface area contributed by atoms with Gasteiger partial charge in [0, 0.05) is 12.0 Å². The van der Waals surface area contributed by atoms with Crippen LogP contribution in [0.15, 0.2) is 24.0 Å². The largest absolute Gasteiger partial charge is 0.497 e. The Morgan fingerprint density at radius 1 is 1.09 bits per heavy atom. The van der Waals surface area contributed by atoms with E-state index in [9.17, 15) is 19.8 Å². The molecule has 10 heteroatoms. The van der Waals surface area contributed by atoms with E-state index in [0.717, 1.165) is 56.3 Å². The number of fused-ring (bicyclic) bond motifs is 3. The van der Waals surface area contributed by atoms with Crippen LogP contribution in [0.3, 0.4) is 0 Å². The number of methoxy groups -OCH3 is 1. The van der Waals surface area contributed by atoms with Crippen molar-refractivity contribution in [2.24, 2.45) is 5.41 Å². The SMILES string of the molecule is COC1=C[C@@]23CCCN2CCc2cc4c(cc2[C@@H]3C1OC(=O)[C@@](O)(CCCC(C)(C)O)CC(=O)OCC1(C)CC1)OCO4. The van der Waals surface area contributed by atoms with Gasteiger partial charge in [-0.05, 0) is 101 Å². The van der Waals surface area contributed by atoms with Gasteiger partial charge in [0.25, 0.3) is 0 Å². The second kappa shape index (κ2) is 11.0. The molecule has 2 N–H and O–H groups in total. The van der Waals surface area contributed by atoms with Crippen LogP contribution in [0.25, 0.3) is 0 Å². The molecule has 1 aromatic rings. The fourth-order valence-electron chi connectivity index (χ4n) is 7.30. The third-order valence-electron chi connectivity index (χ3n) is 10.1. The van der Waals surface area contributed by atoms with E-state index in [-0.39, 0.29) is 31.2 Å². The molecule has 1 spiro atoms. The molecule has 4 atom stereocenters. The van der Waals surface area contributed by atoms with Gasteiger partial charge in [0.2, 0.25) is 6.79 Å². The number of hydrogen-bond donors (Lipinski definition) is 2. The average Bonchev–Trinajstić information content (AvgIpc) is 3.24. The standard InChI is InChI=1S/C33H45NO9/c1-30(2,37)8-5-10-33(38,18-26(35)40-19-31(3)11-12-31)29(36)43-28-25(39-4)17-32-9-6-13-34(32)14-7-21-15-23-24(42-20-41-23)16-22(21)27(28)32/h15-17,27-28,37-38H,5-14,18-20H2,1-4H3/t27-,28?,32-,33-/m1/s1. The topological polar surface area (TPSA) is 124 Å². The predicted molar refractivity (Wildman–Crippen MR) is 156 cm³/mol. The van der Waals surface area contributed by atoms with Crippen molar-refractivity contribution < 1.29 is 43.5 Å². The van der Waals surface area contributed by atoms with Crippen LogP contribution in [0.2, 0.25) is 0 Å². The number of carbonyl (C=O) groups excluding carboxylic acids is 2. The lowest BCUT2D eigenvalue weighted by Crippen LogP contribution is -2.49. The second-order valence-electron chi connectivity index (χ2n) is 14.1. The van der Waals surface area contributed by atoms with E-state index in [1.807, 2.05) is 19.1 Å². The Morgan fingerprint density at radius 2 is 1.84 bits per heavy atom. The molecule has 6 rings (SSSR count). The Kier molecular flexibility index (Phi) is 7.70. The number of ether oxygens (including phenoxy) is 5. The summed E-state index contributed by atoms with van der Waals surface area (Å²) in [6.45, 7) is 7.55. The number of carbonyl (C=O) groups is 2. The lowest BCUT2D eigenvalue weighted by atomic mass is 9.77. The summed E-state index contributed by atoms with van der Waals surface area (Å²) in [6.07, 6.45) is 5.98. The second-order valence-corrected chi connectivity index (χ2v) is 14.1. The first-order chi connectivity index (χ1) is 20.3. The van der Waals surface area contributed by atoms with Crippen molar-refractivity contribution in [2.75, 3.05) is 33.6 Å². The van der Waals surface area contributed by atoms with Gasteiger partial charge >= 0.3 is 11.9 Å². The van der Waals surface area contributed by atoms with E-state index in [4.69, 9.17) is 23.7 Å². The van der Waals surface area contributed by atoms with Crippen LogP contribution in [0.4, 0.5) is 0 Å². The zero-order valence-electron chi connectivity index (χ0n) is 25.8. The van der Waals surface area contributed by atoms with Gasteiger partial charge < -0.3 is 33.9 Å². The summed E-state index contributed by atoms with van der Waals surface area (Å²) in [5.74, 6) is 0.0596. The molecule has 2 fully saturated rings. The van der Waals surface area contributed by atoms with Gasteiger partial charge in [-0.1, -0.05) is 6.92 Å². The molecular weight excluding hydrogens is 554 g/mol. The molecule has 0 radical (unpaired) electrons. The normalized spacial score (nSPS) is 28.1. The Hall–Kier alpha value is -2.82. The number of nitrogens with zero attached hydrogens (tertiary/aromatic N) is 1. The van der Waals surface area contributed by atoms with Crippen molar-refractivity contribution in [1.82, 2.24) is 4.90 Å². The minimum atomic E-state index is -2.13. The number of benzene rings is 1. The molecule has 3 heterocycles. The molecule has 236 valence electrons. The van der Waals surface area contributed by atoms with Crippen molar-refractivity contribution in [1.29, 1.82) is 0 Å². The maximum absolute atomic E-state index is 14.1. The van der Waals surface area contributed by atoms with E-state index in [0.29, 0.717) is 30.1 Å². The Bertz CT molecular complexity index is 1300. The smallest absolute Gasteiger partial charge is 0.339 e. The zero-order valence-corrected chi connectivity index (χ0v) is 25.8. The first-order valence-electron chi connectivity index (χ1n) is 15.6. The van der Waals surface area contributed by atoms with E-state index < -0.39 is 41.2 Å². The number of rotatable bonds is 11. The number of esters is 2. The first-order valence-corrected chi connectivity index (χ1v) is 15.6. The summed E-state index contributed by atoms with van der Waals surface area (Å²) in [5.41, 5.74) is -1.45. The molecule has 43 heavy (non-hydrogen) atoms.